The van der Waals surface area contributed by atoms with Gasteiger partial charge in [-0.05, 0) is 63.3 Å². The fraction of sp³-hybridized carbons (Fsp3) is 0.571. The molecule has 2 rings (SSSR count). The number of benzene rings is 1. The number of hydrogen-bond acceptors (Lipinski definition) is 3. The fourth-order valence-corrected chi connectivity index (χ4v) is 3.77. The first-order valence-corrected chi connectivity index (χ1v) is 8.16. The molecule has 0 spiro atoms. The van der Waals surface area contributed by atoms with Gasteiger partial charge in [0.05, 0.1) is 4.90 Å². The van der Waals surface area contributed by atoms with Gasteiger partial charge in [0.15, 0.2) is 0 Å². The first kappa shape index (κ1) is 14.5. The number of rotatable bonds is 6. The lowest BCUT2D eigenvalue weighted by Gasteiger charge is -2.25. The Balaban J connectivity index is 2.14. The van der Waals surface area contributed by atoms with Crippen molar-refractivity contribution >= 4 is 10.0 Å². The zero-order valence-corrected chi connectivity index (χ0v) is 12.3. The van der Waals surface area contributed by atoms with Gasteiger partial charge in [0.1, 0.15) is 0 Å². The highest BCUT2D eigenvalue weighted by Gasteiger charge is 2.40. The Labute approximate surface area is 115 Å². The molecule has 0 aliphatic heterocycles. The summed E-state index contributed by atoms with van der Waals surface area (Å²) in [5.41, 5.74) is 6.17. The maximum absolute atomic E-state index is 12.3. The molecule has 0 unspecified atom stereocenters. The zero-order valence-electron chi connectivity index (χ0n) is 11.5. The average molecular weight is 282 g/mol. The van der Waals surface area contributed by atoms with Crippen molar-refractivity contribution in [3.63, 3.8) is 0 Å². The van der Waals surface area contributed by atoms with Crippen LogP contribution in [0.2, 0.25) is 0 Å². The highest BCUT2D eigenvalue weighted by molar-refractivity contribution is 7.89. The zero-order chi connectivity index (χ0) is 14.1. The van der Waals surface area contributed by atoms with Crippen LogP contribution < -0.4 is 10.5 Å². The third-order valence-corrected chi connectivity index (χ3v) is 5.35. The largest absolute Gasteiger partial charge is 0.330 e. The summed E-state index contributed by atoms with van der Waals surface area (Å²) >= 11 is 0. The predicted molar refractivity (Wildman–Crippen MR) is 76.3 cm³/mol. The Hall–Kier alpha value is -0.910. The maximum atomic E-state index is 12.3. The van der Waals surface area contributed by atoms with Crippen molar-refractivity contribution in [3.05, 3.63) is 29.8 Å². The molecule has 1 aromatic carbocycles. The Morgan fingerprint density at radius 2 is 1.84 bits per heavy atom. The van der Waals surface area contributed by atoms with Gasteiger partial charge >= 0.3 is 0 Å². The molecule has 1 aromatic rings. The van der Waals surface area contributed by atoms with Crippen LogP contribution in [0.4, 0.5) is 0 Å². The van der Waals surface area contributed by atoms with E-state index in [2.05, 4.69) is 4.72 Å². The van der Waals surface area contributed by atoms with Crippen molar-refractivity contribution in [2.45, 2.75) is 43.5 Å². The van der Waals surface area contributed by atoms with Crippen LogP contribution in [0.1, 0.15) is 32.3 Å². The highest BCUT2D eigenvalue weighted by atomic mass is 32.2. The highest BCUT2D eigenvalue weighted by Crippen LogP contribution is 2.39. The molecular formula is C14H22N2O2S. The van der Waals surface area contributed by atoms with E-state index in [1.165, 1.54) is 0 Å². The van der Waals surface area contributed by atoms with Crippen LogP contribution in [0.3, 0.4) is 0 Å². The van der Waals surface area contributed by atoms with Crippen LogP contribution in [0.5, 0.6) is 0 Å². The normalized spacial score (nSPS) is 16.6. The first-order chi connectivity index (χ1) is 8.85. The lowest BCUT2D eigenvalue weighted by atomic mass is 10.0. The molecule has 0 atom stereocenters. The molecule has 0 radical (unpaired) electrons. The second-order valence-electron chi connectivity index (χ2n) is 5.78. The van der Waals surface area contributed by atoms with Gasteiger partial charge in [0.2, 0.25) is 10.0 Å². The standard InChI is InChI=1S/C14H22N2O2S/c1-14(2,12-5-6-12)16-19(17,18)13-7-3-11(4-8-13)9-10-15/h3-4,7-8,12,16H,5-6,9-10,15H2,1-2H3. The van der Waals surface area contributed by atoms with Crippen LogP contribution >= 0.6 is 0 Å². The lowest BCUT2D eigenvalue weighted by Crippen LogP contribution is -2.45. The van der Waals surface area contributed by atoms with Gasteiger partial charge in [-0.15, -0.1) is 0 Å². The summed E-state index contributed by atoms with van der Waals surface area (Å²) in [5.74, 6) is 0.457. The average Bonchev–Trinajstić information content (AvgIpc) is 3.12. The van der Waals surface area contributed by atoms with E-state index in [1.807, 2.05) is 26.0 Å². The lowest BCUT2D eigenvalue weighted by molar-refractivity contribution is 0.400. The van der Waals surface area contributed by atoms with Crippen LogP contribution in [0, 0.1) is 5.92 Å². The minimum absolute atomic E-state index is 0.321. The van der Waals surface area contributed by atoms with E-state index < -0.39 is 10.0 Å². The molecule has 0 saturated heterocycles. The molecule has 1 saturated carbocycles. The topological polar surface area (TPSA) is 72.2 Å². The van der Waals surface area contributed by atoms with Gasteiger partial charge in [0.25, 0.3) is 0 Å². The summed E-state index contributed by atoms with van der Waals surface area (Å²) < 4.78 is 27.4. The summed E-state index contributed by atoms with van der Waals surface area (Å²) in [5, 5.41) is 0. The molecular weight excluding hydrogens is 260 g/mol. The van der Waals surface area contributed by atoms with Gasteiger partial charge in [-0.2, -0.15) is 0 Å². The molecule has 3 N–H and O–H groups in total. The molecule has 0 aromatic heterocycles. The van der Waals surface area contributed by atoms with Crippen molar-refractivity contribution in [3.8, 4) is 0 Å². The van der Waals surface area contributed by atoms with Gasteiger partial charge in [-0.25, -0.2) is 13.1 Å². The van der Waals surface area contributed by atoms with Crippen LogP contribution in [0.25, 0.3) is 0 Å². The van der Waals surface area contributed by atoms with Crippen molar-refractivity contribution in [1.29, 1.82) is 0 Å². The van der Waals surface area contributed by atoms with Gasteiger partial charge in [-0.3, -0.25) is 0 Å². The van der Waals surface area contributed by atoms with Gasteiger partial charge in [0, 0.05) is 5.54 Å². The molecule has 1 fully saturated rings. The molecule has 1 aliphatic rings. The summed E-state index contributed by atoms with van der Waals surface area (Å²) in [4.78, 5) is 0.321. The van der Waals surface area contributed by atoms with Crippen LogP contribution in [-0.2, 0) is 16.4 Å². The Morgan fingerprint density at radius 3 is 2.32 bits per heavy atom. The van der Waals surface area contributed by atoms with E-state index >= 15 is 0 Å². The minimum atomic E-state index is -3.44. The number of nitrogens with two attached hydrogens (primary N) is 1. The molecule has 0 amide bonds. The smallest absolute Gasteiger partial charge is 0.241 e. The second-order valence-corrected chi connectivity index (χ2v) is 7.47. The summed E-state index contributed by atoms with van der Waals surface area (Å²) in [6, 6.07) is 6.95. The number of sulfonamides is 1. The Morgan fingerprint density at radius 1 is 1.26 bits per heavy atom. The SMILES string of the molecule is CC(C)(NS(=O)(=O)c1ccc(CCN)cc1)C1CC1. The molecule has 4 nitrogen and oxygen atoms in total. The number of hydrogen-bond donors (Lipinski definition) is 2. The third-order valence-electron chi connectivity index (χ3n) is 3.66. The summed E-state index contributed by atoms with van der Waals surface area (Å²) in [6.45, 7) is 4.47. The molecule has 5 heteroatoms. The van der Waals surface area contributed by atoms with Crippen molar-refractivity contribution in [1.82, 2.24) is 4.72 Å². The Kier molecular flexibility index (Phi) is 3.99. The quantitative estimate of drug-likeness (QED) is 0.833. The molecule has 0 heterocycles. The van der Waals surface area contributed by atoms with Crippen molar-refractivity contribution in [2.75, 3.05) is 6.54 Å². The predicted octanol–water partition coefficient (Wildman–Crippen LogP) is 1.65. The van der Waals surface area contributed by atoms with Crippen molar-refractivity contribution in [2.24, 2.45) is 11.7 Å². The van der Waals surface area contributed by atoms with Gasteiger partial charge < -0.3 is 5.73 Å². The fourth-order valence-electron chi connectivity index (χ4n) is 2.30. The summed E-state index contributed by atoms with van der Waals surface area (Å²) in [7, 11) is -3.44. The van der Waals surface area contributed by atoms with E-state index in [4.69, 9.17) is 5.73 Å². The maximum Gasteiger partial charge on any atom is 0.241 e. The minimum Gasteiger partial charge on any atom is -0.330 e. The third kappa shape index (κ3) is 3.55. The second kappa shape index (κ2) is 5.23. The van der Waals surface area contributed by atoms with Crippen LogP contribution in [-0.4, -0.2) is 20.5 Å². The van der Waals surface area contributed by atoms with E-state index in [0.717, 1.165) is 24.8 Å². The monoisotopic (exact) mass is 282 g/mol. The summed E-state index contributed by atoms with van der Waals surface area (Å²) in [6.07, 6.45) is 2.97. The number of nitrogens with one attached hydrogen (secondary N) is 1. The van der Waals surface area contributed by atoms with E-state index in [-0.39, 0.29) is 5.54 Å². The van der Waals surface area contributed by atoms with E-state index in [9.17, 15) is 8.42 Å². The van der Waals surface area contributed by atoms with E-state index in [1.54, 1.807) is 12.1 Å². The first-order valence-electron chi connectivity index (χ1n) is 6.68. The van der Waals surface area contributed by atoms with Crippen LogP contribution in [0.15, 0.2) is 29.2 Å². The molecule has 0 bridgehead atoms. The molecule has 106 valence electrons. The molecule has 1 aliphatic carbocycles. The van der Waals surface area contributed by atoms with Crippen molar-refractivity contribution < 1.29 is 8.42 Å². The van der Waals surface area contributed by atoms with Gasteiger partial charge in [-0.1, -0.05) is 12.1 Å². The molecule has 19 heavy (non-hydrogen) atoms. The Bertz CT molecular complexity index is 531. The van der Waals surface area contributed by atoms with E-state index in [0.29, 0.717) is 17.4 Å².